The second-order valence-electron chi connectivity index (χ2n) is 12.7. The summed E-state index contributed by atoms with van der Waals surface area (Å²) in [7, 11) is 0. The van der Waals surface area contributed by atoms with E-state index in [0.29, 0.717) is 16.7 Å². The highest BCUT2D eigenvalue weighted by Gasteiger charge is 2.68. The first kappa shape index (κ1) is 34.8. The third kappa shape index (κ3) is 6.53. The van der Waals surface area contributed by atoms with Gasteiger partial charge in [-0.3, -0.25) is 28.8 Å². The predicted octanol–water partition coefficient (Wildman–Crippen LogP) is 3.54. The summed E-state index contributed by atoms with van der Waals surface area (Å²) in [6.07, 6.45) is -6.30. The SMILES string of the molecule is C=C1C(OC(C)=O)CC(OC(C)=O)C2(C)C(OC(C)=O)C(OC(C)=O)C3=C(C)C(OC(C)=O)CC(C(OC(C)=O)C12)C3(C)C. The van der Waals surface area contributed by atoms with E-state index in [-0.39, 0.29) is 12.8 Å². The van der Waals surface area contributed by atoms with E-state index in [2.05, 4.69) is 6.58 Å². The molecule has 12 heteroatoms. The maximum absolute atomic E-state index is 12.8. The third-order valence-corrected chi connectivity index (χ3v) is 9.31. The van der Waals surface area contributed by atoms with Gasteiger partial charge >= 0.3 is 35.8 Å². The molecule has 3 aliphatic carbocycles. The Kier molecular flexibility index (Phi) is 10.1. The molecule has 12 nitrogen and oxygen atoms in total. The van der Waals surface area contributed by atoms with Crippen molar-refractivity contribution in [3.05, 3.63) is 23.3 Å². The van der Waals surface area contributed by atoms with E-state index in [1.54, 1.807) is 13.8 Å². The van der Waals surface area contributed by atoms with E-state index in [0.717, 1.165) is 0 Å². The molecule has 2 fully saturated rings. The Labute approximate surface area is 257 Å². The summed E-state index contributed by atoms with van der Waals surface area (Å²) in [5.74, 6) is -5.41. The van der Waals surface area contributed by atoms with Crippen LogP contribution in [0.4, 0.5) is 0 Å². The fourth-order valence-corrected chi connectivity index (χ4v) is 7.80. The summed E-state index contributed by atoms with van der Waals surface area (Å²) in [6.45, 7) is 18.9. The van der Waals surface area contributed by atoms with Gasteiger partial charge in [0.25, 0.3) is 0 Å². The molecule has 0 aliphatic heterocycles. The Morgan fingerprint density at radius 1 is 0.659 bits per heavy atom. The van der Waals surface area contributed by atoms with Crippen LogP contribution in [0.25, 0.3) is 0 Å². The minimum absolute atomic E-state index is 0.0511. The molecule has 244 valence electrons. The average Bonchev–Trinajstić information content (AvgIpc) is 2.84. The van der Waals surface area contributed by atoms with Crippen LogP contribution >= 0.6 is 0 Å². The molecule has 2 saturated carbocycles. The summed E-state index contributed by atoms with van der Waals surface area (Å²) >= 11 is 0. The van der Waals surface area contributed by atoms with Gasteiger partial charge in [0, 0.05) is 59.8 Å². The van der Waals surface area contributed by atoms with Crippen LogP contribution < -0.4 is 0 Å². The van der Waals surface area contributed by atoms with Crippen LogP contribution in [0.2, 0.25) is 0 Å². The van der Waals surface area contributed by atoms with Crippen molar-refractivity contribution in [2.75, 3.05) is 0 Å². The highest BCUT2D eigenvalue weighted by Crippen LogP contribution is 2.61. The van der Waals surface area contributed by atoms with Gasteiger partial charge in [-0.05, 0) is 35.5 Å². The molecule has 0 amide bonds. The molecule has 2 bridgehead atoms. The van der Waals surface area contributed by atoms with E-state index in [4.69, 9.17) is 28.4 Å². The van der Waals surface area contributed by atoms with Crippen molar-refractivity contribution in [2.24, 2.45) is 22.7 Å². The molecule has 9 unspecified atom stereocenters. The maximum atomic E-state index is 12.8. The van der Waals surface area contributed by atoms with Crippen molar-refractivity contribution in [1.82, 2.24) is 0 Å². The first-order chi connectivity index (χ1) is 20.2. The molecule has 0 aromatic heterocycles. The summed E-state index contributed by atoms with van der Waals surface area (Å²) in [4.78, 5) is 75.4. The largest absolute Gasteiger partial charge is 0.462 e. The molecule has 0 aromatic carbocycles. The monoisotopic (exact) mass is 620 g/mol. The topological polar surface area (TPSA) is 158 Å². The average molecular weight is 621 g/mol. The van der Waals surface area contributed by atoms with E-state index in [1.165, 1.54) is 41.5 Å². The van der Waals surface area contributed by atoms with Crippen LogP contribution in [-0.4, -0.2) is 72.4 Å². The van der Waals surface area contributed by atoms with E-state index >= 15 is 0 Å². The predicted molar refractivity (Wildman–Crippen MR) is 153 cm³/mol. The van der Waals surface area contributed by atoms with Gasteiger partial charge in [-0.1, -0.05) is 27.4 Å². The van der Waals surface area contributed by atoms with Crippen LogP contribution in [0, 0.1) is 22.7 Å². The molecule has 3 aliphatic rings. The highest BCUT2D eigenvalue weighted by atomic mass is 16.6. The van der Waals surface area contributed by atoms with Crippen molar-refractivity contribution < 1.29 is 57.2 Å². The smallest absolute Gasteiger partial charge is 0.303 e. The molecule has 0 spiro atoms. The lowest BCUT2D eigenvalue weighted by Crippen LogP contribution is -2.68. The highest BCUT2D eigenvalue weighted by molar-refractivity contribution is 5.70. The van der Waals surface area contributed by atoms with Crippen LogP contribution in [0.1, 0.15) is 82.1 Å². The number of hydrogen-bond acceptors (Lipinski definition) is 12. The molecule has 0 heterocycles. The fourth-order valence-electron chi connectivity index (χ4n) is 7.80. The summed E-state index contributed by atoms with van der Waals surface area (Å²) in [5, 5.41) is 0. The molecular weight excluding hydrogens is 576 g/mol. The molecule has 0 saturated heterocycles. The second-order valence-corrected chi connectivity index (χ2v) is 12.7. The number of ether oxygens (including phenoxy) is 6. The van der Waals surface area contributed by atoms with Gasteiger partial charge < -0.3 is 28.4 Å². The number of hydrogen-bond donors (Lipinski definition) is 0. The third-order valence-electron chi connectivity index (χ3n) is 9.31. The van der Waals surface area contributed by atoms with Crippen molar-refractivity contribution in [2.45, 2.75) is 119 Å². The Morgan fingerprint density at radius 2 is 1.14 bits per heavy atom. The van der Waals surface area contributed by atoms with Gasteiger partial charge in [0.1, 0.15) is 24.4 Å². The fraction of sp³-hybridized carbons (Fsp3) is 0.688. The van der Waals surface area contributed by atoms with Gasteiger partial charge in [0.2, 0.25) is 0 Å². The summed E-state index contributed by atoms with van der Waals surface area (Å²) in [6, 6.07) is 0. The van der Waals surface area contributed by atoms with E-state index in [9.17, 15) is 28.8 Å². The number of rotatable bonds is 6. The Morgan fingerprint density at radius 3 is 1.61 bits per heavy atom. The lowest BCUT2D eigenvalue weighted by atomic mass is 9.48. The maximum Gasteiger partial charge on any atom is 0.303 e. The van der Waals surface area contributed by atoms with Crippen molar-refractivity contribution in [3.63, 3.8) is 0 Å². The molecular formula is C32H44O12. The molecule has 0 aromatic rings. The van der Waals surface area contributed by atoms with Crippen molar-refractivity contribution in [1.29, 1.82) is 0 Å². The number of esters is 6. The van der Waals surface area contributed by atoms with Crippen LogP contribution in [0.5, 0.6) is 0 Å². The molecule has 3 rings (SSSR count). The summed E-state index contributed by atoms with van der Waals surface area (Å²) < 4.78 is 35.5. The first-order valence-corrected chi connectivity index (χ1v) is 14.7. The van der Waals surface area contributed by atoms with Gasteiger partial charge in [-0.25, -0.2) is 0 Å². The van der Waals surface area contributed by atoms with Crippen molar-refractivity contribution in [3.8, 4) is 0 Å². The lowest BCUT2D eigenvalue weighted by Gasteiger charge is -2.61. The molecule has 0 N–H and O–H groups in total. The van der Waals surface area contributed by atoms with Gasteiger partial charge in [0.15, 0.2) is 12.2 Å². The number of carbonyl (C=O) groups excluding carboxylic acids is 6. The Hall–Kier alpha value is -3.70. The van der Waals surface area contributed by atoms with Crippen LogP contribution in [-0.2, 0) is 57.2 Å². The lowest BCUT2D eigenvalue weighted by molar-refractivity contribution is -0.230. The zero-order valence-corrected chi connectivity index (χ0v) is 27.1. The van der Waals surface area contributed by atoms with E-state index in [1.807, 2.05) is 13.8 Å². The van der Waals surface area contributed by atoms with Gasteiger partial charge in [-0.2, -0.15) is 0 Å². The second kappa shape index (κ2) is 12.7. The first-order valence-electron chi connectivity index (χ1n) is 14.7. The van der Waals surface area contributed by atoms with Gasteiger partial charge in [0.05, 0.1) is 5.41 Å². The quantitative estimate of drug-likeness (QED) is 0.242. The number of fused-ring (bicyclic) bond motifs is 3. The minimum Gasteiger partial charge on any atom is -0.462 e. The Bertz CT molecular complexity index is 1280. The van der Waals surface area contributed by atoms with Crippen molar-refractivity contribution >= 4 is 35.8 Å². The normalized spacial score (nSPS) is 34.3. The molecule has 9 atom stereocenters. The standard InChI is InChI=1S/C32H44O12/c1-14-23(39-16(3)33)12-22-28(42-19(6)36)27-15(2)24(40-17(4)34)13-25(41-18(5)35)32(27,11)30(44-21(8)38)29(43-20(7)37)26(14)31(22,9)10/h22-25,27-30H,2,12-13H2,1,3-11H3. The zero-order chi connectivity index (χ0) is 33.5. The number of carbonyl (C=O) groups is 6. The zero-order valence-electron chi connectivity index (χ0n) is 27.1. The van der Waals surface area contributed by atoms with Crippen LogP contribution in [0.3, 0.4) is 0 Å². The molecule has 44 heavy (non-hydrogen) atoms. The Balaban J connectivity index is 2.54. The van der Waals surface area contributed by atoms with Gasteiger partial charge in [-0.15, -0.1) is 0 Å². The van der Waals surface area contributed by atoms with Crippen LogP contribution in [0.15, 0.2) is 23.3 Å². The summed E-state index contributed by atoms with van der Waals surface area (Å²) in [5.41, 5.74) is -0.908. The van der Waals surface area contributed by atoms with E-state index < -0.39 is 95.1 Å². The molecule has 0 radical (unpaired) electrons. The minimum atomic E-state index is -1.44.